The maximum absolute atomic E-state index is 13.0. The molecule has 9 heteroatoms. The predicted molar refractivity (Wildman–Crippen MR) is 92.7 cm³/mol. The fourth-order valence-electron chi connectivity index (χ4n) is 2.39. The highest BCUT2D eigenvalue weighted by Gasteiger charge is 2.24. The fraction of sp³-hybridized carbons (Fsp3) is 0.111. The number of nitrogens with zero attached hydrogens (tertiary/aromatic N) is 2. The Bertz CT molecular complexity index is 980. The van der Waals surface area contributed by atoms with E-state index in [9.17, 15) is 24.6 Å². The van der Waals surface area contributed by atoms with E-state index in [1.54, 1.807) is 6.07 Å². The molecule has 0 saturated carbocycles. The van der Waals surface area contributed by atoms with Crippen LogP contribution in [0.1, 0.15) is 5.56 Å². The van der Waals surface area contributed by atoms with Crippen LogP contribution >= 0.6 is 0 Å². The molecule has 0 bridgehead atoms. The third-order valence-corrected chi connectivity index (χ3v) is 3.65. The third-order valence-electron chi connectivity index (χ3n) is 3.65. The maximum Gasteiger partial charge on any atom is 0.296 e. The molecule has 8 nitrogen and oxygen atoms in total. The Labute approximate surface area is 152 Å². The fourth-order valence-corrected chi connectivity index (χ4v) is 2.39. The molecule has 1 N–H and O–H groups in total. The molecule has 0 aromatic heterocycles. The van der Waals surface area contributed by atoms with Crippen molar-refractivity contribution in [3.63, 3.8) is 0 Å². The normalized spacial score (nSPS) is 12.8. The minimum absolute atomic E-state index is 0.130. The standard InChI is InChI=1S/C18H12FN3O5/c19-13-3-1-11(2-4-13)7-12(10-20)18(23)21-14-8-16-17(27-6-5-26-16)9-15(14)22(24)25/h1-4,7-9H,5-6H2,(H,21,23). The van der Waals surface area contributed by atoms with Gasteiger partial charge in [-0.05, 0) is 23.8 Å². The van der Waals surface area contributed by atoms with Gasteiger partial charge in [-0.1, -0.05) is 12.1 Å². The molecule has 27 heavy (non-hydrogen) atoms. The van der Waals surface area contributed by atoms with Gasteiger partial charge in [0.25, 0.3) is 11.6 Å². The van der Waals surface area contributed by atoms with Crippen LogP contribution in [-0.4, -0.2) is 24.0 Å². The number of nitro groups is 1. The number of nitrogens with one attached hydrogen (secondary N) is 1. The Morgan fingerprint density at radius 1 is 1.22 bits per heavy atom. The van der Waals surface area contributed by atoms with Gasteiger partial charge in [0.2, 0.25) is 0 Å². The molecular weight excluding hydrogens is 357 g/mol. The summed E-state index contributed by atoms with van der Waals surface area (Å²) in [7, 11) is 0. The average molecular weight is 369 g/mol. The van der Waals surface area contributed by atoms with Crippen LogP contribution in [0.3, 0.4) is 0 Å². The van der Waals surface area contributed by atoms with Crippen molar-refractivity contribution in [3.8, 4) is 17.6 Å². The van der Waals surface area contributed by atoms with Crippen LogP contribution in [0.25, 0.3) is 6.08 Å². The summed E-state index contributed by atoms with van der Waals surface area (Å²) < 4.78 is 23.6. The molecular formula is C18H12FN3O5. The van der Waals surface area contributed by atoms with Gasteiger partial charge < -0.3 is 14.8 Å². The van der Waals surface area contributed by atoms with Gasteiger partial charge in [0.15, 0.2) is 11.5 Å². The zero-order valence-electron chi connectivity index (χ0n) is 13.8. The molecule has 0 radical (unpaired) electrons. The molecule has 0 fully saturated rings. The first kappa shape index (κ1) is 17.9. The van der Waals surface area contributed by atoms with E-state index >= 15 is 0 Å². The lowest BCUT2D eigenvalue weighted by Gasteiger charge is -2.19. The first-order valence-electron chi connectivity index (χ1n) is 7.74. The second-order valence-corrected chi connectivity index (χ2v) is 5.45. The zero-order valence-corrected chi connectivity index (χ0v) is 13.8. The largest absolute Gasteiger partial charge is 0.486 e. The van der Waals surface area contributed by atoms with Gasteiger partial charge in [0.1, 0.15) is 36.4 Å². The van der Waals surface area contributed by atoms with Crippen LogP contribution in [-0.2, 0) is 4.79 Å². The molecule has 2 aromatic carbocycles. The molecule has 3 rings (SSSR count). The van der Waals surface area contributed by atoms with E-state index in [1.807, 2.05) is 0 Å². The maximum atomic E-state index is 13.0. The number of nitro benzene ring substituents is 1. The van der Waals surface area contributed by atoms with Crippen molar-refractivity contribution in [2.24, 2.45) is 0 Å². The number of carbonyl (C=O) groups is 1. The van der Waals surface area contributed by atoms with Gasteiger partial charge >= 0.3 is 0 Å². The Morgan fingerprint density at radius 3 is 2.44 bits per heavy atom. The first-order valence-corrected chi connectivity index (χ1v) is 7.74. The number of anilines is 1. The number of hydrogen-bond acceptors (Lipinski definition) is 6. The molecule has 136 valence electrons. The monoisotopic (exact) mass is 369 g/mol. The first-order chi connectivity index (χ1) is 13.0. The van der Waals surface area contributed by atoms with Gasteiger partial charge in [-0.25, -0.2) is 4.39 Å². The molecule has 1 amide bonds. The number of ether oxygens (including phenoxy) is 2. The van der Waals surface area contributed by atoms with E-state index in [0.717, 1.165) is 6.07 Å². The lowest BCUT2D eigenvalue weighted by molar-refractivity contribution is -0.384. The predicted octanol–water partition coefficient (Wildman–Crippen LogP) is 3.05. The van der Waals surface area contributed by atoms with Crippen LogP contribution in [0.4, 0.5) is 15.8 Å². The summed E-state index contributed by atoms with van der Waals surface area (Å²) in [6, 6.07) is 9.31. The quantitative estimate of drug-likeness (QED) is 0.383. The summed E-state index contributed by atoms with van der Waals surface area (Å²) in [5, 5.41) is 22.9. The summed E-state index contributed by atoms with van der Waals surface area (Å²) >= 11 is 0. The highest BCUT2D eigenvalue weighted by Crippen LogP contribution is 2.39. The molecule has 0 atom stereocenters. The Hall–Kier alpha value is -3.93. The highest BCUT2D eigenvalue weighted by atomic mass is 19.1. The van der Waals surface area contributed by atoms with Gasteiger partial charge in [0.05, 0.1) is 11.0 Å². The van der Waals surface area contributed by atoms with Crippen molar-refractivity contribution in [2.75, 3.05) is 18.5 Å². The highest BCUT2D eigenvalue weighted by molar-refractivity contribution is 6.10. The van der Waals surface area contributed by atoms with Gasteiger partial charge in [0, 0.05) is 6.07 Å². The lowest BCUT2D eigenvalue weighted by atomic mass is 10.1. The number of carbonyl (C=O) groups excluding carboxylic acids is 1. The van der Waals surface area contributed by atoms with E-state index in [2.05, 4.69) is 5.32 Å². The van der Waals surface area contributed by atoms with Crippen LogP contribution in [0.2, 0.25) is 0 Å². The number of hydrogen-bond donors (Lipinski definition) is 1. The summed E-state index contributed by atoms with van der Waals surface area (Å²) in [4.78, 5) is 23.0. The Kier molecular flexibility index (Phi) is 4.99. The minimum Gasteiger partial charge on any atom is -0.486 e. The number of halogens is 1. The van der Waals surface area contributed by atoms with Crippen molar-refractivity contribution >= 4 is 23.4 Å². The topological polar surface area (TPSA) is 114 Å². The van der Waals surface area contributed by atoms with Crippen molar-refractivity contribution in [1.82, 2.24) is 0 Å². The van der Waals surface area contributed by atoms with Gasteiger partial charge in [-0.15, -0.1) is 0 Å². The summed E-state index contributed by atoms with van der Waals surface area (Å²) in [6.07, 6.45) is 1.25. The zero-order chi connectivity index (χ0) is 19.4. The molecule has 0 saturated heterocycles. The summed E-state index contributed by atoms with van der Waals surface area (Å²) in [6.45, 7) is 0.529. The number of amides is 1. The van der Waals surface area contributed by atoms with Gasteiger partial charge in [-0.2, -0.15) is 5.26 Å². The number of rotatable bonds is 4. The van der Waals surface area contributed by atoms with Crippen molar-refractivity contribution in [3.05, 3.63) is 63.5 Å². The van der Waals surface area contributed by atoms with Crippen molar-refractivity contribution in [1.29, 1.82) is 5.26 Å². The van der Waals surface area contributed by atoms with Crippen LogP contribution in [0.5, 0.6) is 11.5 Å². The second-order valence-electron chi connectivity index (χ2n) is 5.45. The Morgan fingerprint density at radius 2 is 1.85 bits per heavy atom. The van der Waals surface area contributed by atoms with E-state index in [1.165, 1.54) is 36.4 Å². The van der Waals surface area contributed by atoms with Crippen molar-refractivity contribution in [2.45, 2.75) is 0 Å². The number of nitriles is 1. The average Bonchev–Trinajstić information content (AvgIpc) is 2.66. The molecule has 0 spiro atoms. The summed E-state index contributed by atoms with van der Waals surface area (Å²) in [5.74, 6) is -0.847. The SMILES string of the molecule is N#CC(=Cc1ccc(F)cc1)C(=O)Nc1cc2c(cc1[N+](=O)[O-])OCCO2. The summed E-state index contributed by atoms with van der Waals surface area (Å²) in [5.41, 5.74) is -0.397. The molecule has 2 aromatic rings. The molecule has 1 heterocycles. The molecule has 1 aliphatic heterocycles. The molecule has 0 aliphatic carbocycles. The van der Waals surface area contributed by atoms with E-state index in [4.69, 9.17) is 9.47 Å². The third kappa shape index (κ3) is 4.01. The molecule has 1 aliphatic rings. The van der Waals surface area contributed by atoms with E-state index in [0.29, 0.717) is 5.56 Å². The van der Waals surface area contributed by atoms with Crippen LogP contribution in [0, 0.1) is 27.3 Å². The number of fused-ring (bicyclic) bond motifs is 1. The van der Waals surface area contributed by atoms with Gasteiger partial charge in [-0.3, -0.25) is 14.9 Å². The smallest absolute Gasteiger partial charge is 0.296 e. The minimum atomic E-state index is -0.846. The Balaban J connectivity index is 1.91. The second kappa shape index (κ2) is 7.53. The van der Waals surface area contributed by atoms with Crippen LogP contribution in [0.15, 0.2) is 42.0 Å². The number of benzene rings is 2. The molecule has 0 unspecified atom stereocenters. The van der Waals surface area contributed by atoms with E-state index in [-0.39, 0.29) is 36.0 Å². The lowest BCUT2D eigenvalue weighted by Crippen LogP contribution is -2.18. The van der Waals surface area contributed by atoms with E-state index < -0.39 is 22.3 Å². The van der Waals surface area contributed by atoms with Crippen LogP contribution < -0.4 is 14.8 Å². The van der Waals surface area contributed by atoms with Crippen molar-refractivity contribution < 1.29 is 23.6 Å².